The van der Waals surface area contributed by atoms with Gasteiger partial charge in [-0.15, -0.1) is 6.42 Å². The minimum Gasteiger partial charge on any atom is -0.335 e. The van der Waals surface area contributed by atoms with Gasteiger partial charge in [-0.25, -0.2) is 0 Å². The van der Waals surface area contributed by atoms with E-state index in [4.69, 9.17) is 6.42 Å². The molecule has 0 spiro atoms. The molecule has 0 atom stereocenters. The molecule has 20 heavy (non-hydrogen) atoms. The van der Waals surface area contributed by atoms with E-state index in [9.17, 15) is 0 Å². The second kappa shape index (κ2) is 4.15. The number of nitrogens with zero attached hydrogens (tertiary/aromatic N) is 1. The van der Waals surface area contributed by atoms with Gasteiger partial charge in [-0.1, -0.05) is 54.5 Å². The average Bonchev–Trinajstić information content (AvgIpc) is 3.01. The topological polar surface area (TPSA) is 4.93 Å². The maximum atomic E-state index is 5.26. The van der Waals surface area contributed by atoms with Gasteiger partial charge < -0.3 is 4.57 Å². The lowest BCUT2D eigenvalue weighted by atomic mass is 10.0. The van der Waals surface area contributed by atoms with E-state index in [0.717, 1.165) is 6.54 Å². The molecule has 2 aromatic carbocycles. The third-order valence-corrected chi connectivity index (χ3v) is 3.96. The molecular weight excluding hydrogens is 242 g/mol. The van der Waals surface area contributed by atoms with Crippen molar-refractivity contribution in [2.24, 2.45) is 0 Å². The molecule has 0 saturated heterocycles. The summed E-state index contributed by atoms with van der Waals surface area (Å²) in [6.45, 7) is 0.915. The van der Waals surface area contributed by atoms with Crippen molar-refractivity contribution < 1.29 is 0 Å². The van der Waals surface area contributed by atoms with Crippen LogP contribution < -0.4 is 0 Å². The third kappa shape index (κ3) is 1.39. The quantitative estimate of drug-likeness (QED) is 0.569. The highest BCUT2D eigenvalue weighted by Gasteiger charge is 2.21. The third-order valence-electron chi connectivity index (χ3n) is 3.96. The van der Waals surface area contributed by atoms with E-state index < -0.39 is 0 Å². The molecule has 1 heteroatoms. The SMILES string of the molecule is C#C/C=C\C=C1/Cn2c3ccccc3c3cccc1c32. The smallest absolute Gasteiger partial charge is 0.0571 e. The van der Waals surface area contributed by atoms with Crippen LogP contribution in [0.3, 0.4) is 0 Å². The minimum absolute atomic E-state index is 0.915. The number of rotatable bonds is 1. The highest BCUT2D eigenvalue weighted by Crippen LogP contribution is 2.39. The molecule has 94 valence electrons. The van der Waals surface area contributed by atoms with Gasteiger partial charge in [0.1, 0.15) is 0 Å². The van der Waals surface area contributed by atoms with Crippen LogP contribution in [0.1, 0.15) is 5.56 Å². The Morgan fingerprint density at radius 2 is 1.90 bits per heavy atom. The number of fused-ring (bicyclic) bond motifs is 3. The van der Waals surface area contributed by atoms with E-state index in [1.54, 1.807) is 6.08 Å². The molecule has 0 fully saturated rings. The number of para-hydroxylation sites is 2. The van der Waals surface area contributed by atoms with Crippen LogP contribution in [-0.2, 0) is 6.54 Å². The number of aromatic nitrogens is 1. The van der Waals surface area contributed by atoms with Gasteiger partial charge in [0.05, 0.1) is 5.52 Å². The van der Waals surface area contributed by atoms with Crippen molar-refractivity contribution in [2.45, 2.75) is 6.54 Å². The van der Waals surface area contributed by atoms with Gasteiger partial charge in [-0.05, 0) is 17.7 Å². The summed E-state index contributed by atoms with van der Waals surface area (Å²) in [5, 5.41) is 2.67. The van der Waals surface area contributed by atoms with Crippen molar-refractivity contribution in [3.05, 3.63) is 66.3 Å². The Labute approximate surface area is 117 Å². The second-order valence-corrected chi connectivity index (χ2v) is 5.02. The summed E-state index contributed by atoms with van der Waals surface area (Å²) in [5.41, 5.74) is 5.29. The van der Waals surface area contributed by atoms with Crippen LogP contribution in [0.25, 0.3) is 27.4 Å². The average molecular weight is 255 g/mol. The Bertz CT molecular complexity index is 929. The summed E-state index contributed by atoms with van der Waals surface area (Å²) in [6.07, 6.45) is 11.1. The number of hydrogen-bond acceptors (Lipinski definition) is 0. The van der Waals surface area contributed by atoms with E-state index in [-0.39, 0.29) is 0 Å². The van der Waals surface area contributed by atoms with Gasteiger partial charge in [0.2, 0.25) is 0 Å². The number of terminal acetylenes is 1. The molecule has 0 amide bonds. The van der Waals surface area contributed by atoms with Gasteiger partial charge in [-0.3, -0.25) is 0 Å². The first-order chi connectivity index (χ1) is 9.90. The van der Waals surface area contributed by atoms with E-state index in [1.807, 2.05) is 6.08 Å². The summed E-state index contributed by atoms with van der Waals surface area (Å²) in [7, 11) is 0. The molecule has 2 heterocycles. The normalized spacial score (nSPS) is 15.7. The zero-order valence-electron chi connectivity index (χ0n) is 11.0. The van der Waals surface area contributed by atoms with Crippen LogP contribution >= 0.6 is 0 Å². The lowest BCUT2D eigenvalue weighted by Crippen LogP contribution is -1.90. The zero-order chi connectivity index (χ0) is 13.5. The Hall–Kier alpha value is -2.72. The molecule has 0 saturated carbocycles. The summed E-state index contributed by atoms with van der Waals surface area (Å²) < 4.78 is 2.40. The maximum Gasteiger partial charge on any atom is 0.0571 e. The highest BCUT2D eigenvalue weighted by atomic mass is 15.0. The molecule has 0 radical (unpaired) electrons. The fourth-order valence-electron chi connectivity index (χ4n) is 3.15. The Morgan fingerprint density at radius 3 is 2.80 bits per heavy atom. The van der Waals surface area contributed by atoms with E-state index >= 15 is 0 Å². The lowest BCUT2D eigenvalue weighted by molar-refractivity contribution is 0.947. The molecule has 0 unspecified atom stereocenters. The molecule has 0 bridgehead atoms. The van der Waals surface area contributed by atoms with Crippen molar-refractivity contribution in [3.63, 3.8) is 0 Å². The first kappa shape index (κ1) is 11.1. The fraction of sp³-hybridized carbons (Fsp3) is 0.0526. The van der Waals surface area contributed by atoms with Crippen LogP contribution in [0, 0.1) is 12.3 Å². The monoisotopic (exact) mass is 255 g/mol. The predicted octanol–water partition coefficient (Wildman–Crippen LogP) is 4.38. The largest absolute Gasteiger partial charge is 0.335 e. The molecule has 4 rings (SSSR count). The highest BCUT2D eigenvalue weighted by molar-refractivity contribution is 6.13. The number of allylic oxidation sites excluding steroid dienone is 4. The summed E-state index contributed by atoms with van der Waals surface area (Å²) >= 11 is 0. The van der Waals surface area contributed by atoms with Gasteiger partial charge in [0.25, 0.3) is 0 Å². The summed E-state index contributed by atoms with van der Waals surface area (Å²) in [4.78, 5) is 0. The maximum absolute atomic E-state index is 5.26. The molecular formula is C19H13N. The van der Waals surface area contributed by atoms with Crippen molar-refractivity contribution in [3.8, 4) is 12.3 Å². The van der Waals surface area contributed by atoms with Gasteiger partial charge >= 0.3 is 0 Å². The molecule has 1 aromatic heterocycles. The van der Waals surface area contributed by atoms with E-state index in [2.05, 4.69) is 59.0 Å². The van der Waals surface area contributed by atoms with Gasteiger partial charge in [0.15, 0.2) is 0 Å². The lowest BCUT2D eigenvalue weighted by Gasteiger charge is -2.01. The Balaban J connectivity index is 2.05. The van der Waals surface area contributed by atoms with Crippen LogP contribution in [0.4, 0.5) is 0 Å². The van der Waals surface area contributed by atoms with Crippen LogP contribution in [0.15, 0.2) is 60.7 Å². The zero-order valence-corrected chi connectivity index (χ0v) is 11.0. The molecule has 0 aliphatic carbocycles. The molecule has 3 aromatic rings. The summed E-state index contributed by atoms with van der Waals surface area (Å²) in [5.74, 6) is 2.53. The van der Waals surface area contributed by atoms with Crippen molar-refractivity contribution >= 4 is 27.4 Å². The number of benzene rings is 2. The van der Waals surface area contributed by atoms with Gasteiger partial charge in [-0.2, -0.15) is 0 Å². The van der Waals surface area contributed by atoms with Crippen LogP contribution in [0.2, 0.25) is 0 Å². The molecule has 1 nitrogen and oxygen atoms in total. The Morgan fingerprint density at radius 1 is 1.05 bits per heavy atom. The standard InChI is InChI=1S/C19H13N/c1-2-3-4-8-14-13-20-18-12-6-5-9-16(18)17-11-7-10-15(14)19(17)20/h1,3-12H,13H2/b4-3-,14-8+. The van der Waals surface area contributed by atoms with E-state index in [0.29, 0.717) is 0 Å². The van der Waals surface area contributed by atoms with Crippen molar-refractivity contribution in [2.75, 3.05) is 0 Å². The minimum atomic E-state index is 0.915. The second-order valence-electron chi connectivity index (χ2n) is 5.02. The fourth-order valence-corrected chi connectivity index (χ4v) is 3.15. The van der Waals surface area contributed by atoms with E-state index in [1.165, 1.54) is 32.9 Å². The Kier molecular flexibility index (Phi) is 2.31. The molecule has 1 aliphatic heterocycles. The van der Waals surface area contributed by atoms with Gasteiger partial charge in [0, 0.05) is 28.4 Å². The van der Waals surface area contributed by atoms with Crippen LogP contribution in [0.5, 0.6) is 0 Å². The number of hydrogen-bond donors (Lipinski definition) is 0. The van der Waals surface area contributed by atoms with Crippen molar-refractivity contribution in [1.82, 2.24) is 4.57 Å². The first-order valence-electron chi connectivity index (χ1n) is 6.72. The van der Waals surface area contributed by atoms with Crippen LogP contribution in [-0.4, -0.2) is 4.57 Å². The summed E-state index contributed by atoms with van der Waals surface area (Å²) in [6, 6.07) is 15.1. The van der Waals surface area contributed by atoms with Crippen molar-refractivity contribution in [1.29, 1.82) is 0 Å². The molecule has 0 N–H and O–H groups in total. The molecule has 1 aliphatic rings. The first-order valence-corrected chi connectivity index (χ1v) is 6.72. The predicted molar refractivity (Wildman–Crippen MR) is 85.4 cm³/mol.